The van der Waals surface area contributed by atoms with E-state index in [2.05, 4.69) is 20.8 Å². The molecule has 2 aromatic rings. The number of Topliss-reactive ketones (excluding diaryl/α,β-unsaturated/α-hetero) is 1. The van der Waals surface area contributed by atoms with Crippen LogP contribution in [0.3, 0.4) is 0 Å². The van der Waals surface area contributed by atoms with Gasteiger partial charge in [0.1, 0.15) is 5.82 Å². The first-order chi connectivity index (χ1) is 10.6. The summed E-state index contributed by atoms with van der Waals surface area (Å²) in [5.41, 5.74) is 4.77. The average molecular weight is 296 g/mol. The maximum Gasteiger partial charge on any atom is 0.251 e. The molecule has 1 aromatic carbocycles. The Morgan fingerprint density at radius 1 is 1.09 bits per heavy atom. The van der Waals surface area contributed by atoms with Crippen molar-refractivity contribution >= 4 is 23.7 Å². The fraction of sp³-hybridized carbons (Fsp3) is 0.125. The van der Waals surface area contributed by atoms with Crippen LogP contribution in [-0.2, 0) is 0 Å². The number of nitrogens with zero attached hydrogens (tertiary/aromatic N) is 2. The molecular formula is C16H16N4O2. The van der Waals surface area contributed by atoms with Gasteiger partial charge in [0.15, 0.2) is 5.78 Å². The summed E-state index contributed by atoms with van der Waals surface area (Å²) < 4.78 is 0. The van der Waals surface area contributed by atoms with E-state index < -0.39 is 0 Å². The summed E-state index contributed by atoms with van der Waals surface area (Å²) in [5.74, 6) is 0.387. The lowest BCUT2D eigenvalue weighted by atomic mass is 10.1. The van der Waals surface area contributed by atoms with Crippen LogP contribution in [0.15, 0.2) is 47.7 Å². The molecule has 1 amide bonds. The van der Waals surface area contributed by atoms with Crippen LogP contribution in [0, 0.1) is 0 Å². The molecule has 6 nitrogen and oxygen atoms in total. The van der Waals surface area contributed by atoms with E-state index in [1.807, 2.05) is 0 Å². The number of benzene rings is 1. The summed E-state index contributed by atoms with van der Waals surface area (Å²) in [4.78, 5) is 26.6. The minimum atomic E-state index is -0.128. The zero-order valence-electron chi connectivity index (χ0n) is 12.3. The molecule has 0 fully saturated rings. The van der Waals surface area contributed by atoms with Crippen molar-refractivity contribution in [3.05, 3.63) is 59.3 Å². The van der Waals surface area contributed by atoms with Crippen LogP contribution in [0.25, 0.3) is 0 Å². The van der Waals surface area contributed by atoms with Gasteiger partial charge in [0.2, 0.25) is 0 Å². The molecule has 2 rings (SSSR count). The minimum Gasteiger partial charge on any atom is -0.355 e. The van der Waals surface area contributed by atoms with Crippen LogP contribution >= 0.6 is 0 Å². The summed E-state index contributed by atoms with van der Waals surface area (Å²) in [5, 5.41) is 6.62. The fourth-order valence-corrected chi connectivity index (χ4v) is 1.71. The highest BCUT2D eigenvalue weighted by atomic mass is 16.1. The molecule has 0 aliphatic rings. The summed E-state index contributed by atoms with van der Waals surface area (Å²) in [6.45, 7) is 1.49. The molecule has 0 aliphatic carbocycles. The summed E-state index contributed by atoms with van der Waals surface area (Å²) in [7, 11) is 1.59. The quantitative estimate of drug-likeness (QED) is 0.503. The van der Waals surface area contributed by atoms with E-state index in [9.17, 15) is 9.59 Å². The van der Waals surface area contributed by atoms with Crippen molar-refractivity contribution in [3.63, 3.8) is 0 Å². The predicted octanol–water partition coefficient (Wildman–Crippen LogP) is 2.09. The Bertz CT molecular complexity index is 691. The van der Waals surface area contributed by atoms with Crippen molar-refractivity contribution in [2.24, 2.45) is 5.10 Å². The van der Waals surface area contributed by atoms with Gasteiger partial charge >= 0.3 is 0 Å². The first kappa shape index (κ1) is 15.4. The third kappa shape index (κ3) is 3.99. The lowest BCUT2D eigenvalue weighted by molar-refractivity contribution is 0.0962. The Kier molecular flexibility index (Phi) is 4.98. The van der Waals surface area contributed by atoms with Crippen LogP contribution in [-0.4, -0.2) is 29.9 Å². The number of carbonyl (C=O) groups excluding carboxylic acids is 2. The van der Waals surface area contributed by atoms with Gasteiger partial charge in [-0.15, -0.1) is 0 Å². The van der Waals surface area contributed by atoms with Crippen molar-refractivity contribution in [1.82, 2.24) is 10.3 Å². The largest absolute Gasteiger partial charge is 0.355 e. The number of amides is 1. The van der Waals surface area contributed by atoms with Crippen LogP contribution in [0.2, 0.25) is 0 Å². The van der Waals surface area contributed by atoms with Crippen LogP contribution in [0.4, 0.5) is 5.82 Å². The second kappa shape index (κ2) is 7.12. The first-order valence-electron chi connectivity index (χ1n) is 6.68. The normalized spacial score (nSPS) is 10.5. The number of hydrazone groups is 1. The summed E-state index contributed by atoms with van der Waals surface area (Å²) in [6, 6.07) is 10.4. The van der Waals surface area contributed by atoms with Crippen molar-refractivity contribution in [3.8, 4) is 0 Å². The predicted molar refractivity (Wildman–Crippen MR) is 85.3 cm³/mol. The molecule has 22 heavy (non-hydrogen) atoms. The molecule has 6 heteroatoms. The van der Waals surface area contributed by atoms with Crippen LogP contribution < -0.4 is 10.7 Å². The number of carbonyl (C=O) groups is 2. The summed E-state index contributed by atoms with van der Waals surface area (Å²) in [6.07, 6.45) is 3.12. The molecule has 2 N–H and O–H groups in total. The number of hydrogen-bond acceptors (Lipinski definition) is 5. The molecule has 0 unspecified atom stereocenters. The molecule has 0 saturated heterocycles. The number of aromatic nitrogens is 1. The van der Waals surface area contributed by atoms with Gasteiger partial charge in [0.05, 0.1) is 6.21 Å². The zero-order valence-corrected chi connectivity index (χ0v) is 12.3. The van der Waals surface area contributed by atoms with Crippen LogP contribution in [0.5, 0.6) is 0 Å². The highest BCUT2D eigenvalue weighted by Crippen LogP contribution is 2.06. The maximum absolute atomic E-state index is 11.4. The molecule has 1 heterocycles. The van der Waals surface area contributed by atoms with E-state index in [4.69, 9.17) is 0 Å². The number of anilines is 1. The van der Waals surface area contributed by atoms with Gasteiger partial charge in [-0.05, 0) is 36.8 Å². The monoisotopic (exact) mass is 296 g/mol. The third-order valence-electron chi connectivity index (χ3n) is 2.96. The van der Waals surface area contributed by atoms with Gasteiger partial charge in [-0.3, -0.25) is 15.0 Å². The lowest BCUT2D eigenvalue weighted by Gasteiger charge is -2.01. The first-order valence-corrected chi connectivity index (χ1v) is 6.68. The molecule has 0 atom stereocenters. The number of nitrogens with one attached hydrogen (secondary N) is 2. The lowest BCUT2D eigenvalue weighted by Crippen LogP contribution is -2.17. The average Bonchev–Trinajstić information content (AvgIpc) is 2.55. The van der Waals surface area contributed by atoms with E-state index in [1.165, 1.54) is 13.1 Å². The standard InChI is InChI=1S/C16H16N4O2/c1-11(21)14-7-8-15(18-10-14)20-19-9-12-3-5-13(6-4-12)16(22)17-2/h3-10H,1-2H3,(H,17,22)(H,18,20)/b19-9+. The number of pyridine rings is 1. The second-order valence-corrected chi connectivity index (χ2v) is 4.56. The molecule has 0 radical (unpaired) electrons. The van der Waals surface area contributed by atoms with E-state index in [0.717, 1.165) is 5.56 Å². The van der Waals surface area contributed by atoms with E-state index in [0.29, 0.717) is 16.9 Å². The van der Waals surface area contributed by atoms with Gasteiger partial charge in [-0.1, -0.05) is 12.1 Å². The highest BCUT2D eigenvalue weighted by Gasteiger charge is 2.01. The van der Waals surface area contributed by atoms with Crippen molar-refractivity contribution < 1.29 is 9.59 Å². The van der Waals surface area contributed by atoms with E-state index in [1.54, 1.807) is 49.7 Å². The molecular weight excluding hydrogens is 280 g/mol. The number of hydrogen-bond donors (Lipinski definition) is 2. The van der Waals surface area contributed by atoms with E-state index in [-0.39, 0.29) is 11.7 Å². The Balaban J connectivity index is 1.97. The van der Waals surface area contributed by atoms with Gasteiger partial charge in [0, 0.05) is 24.4 Å². The number of rotatable bonds is 5. The molecule has 0 spiro atoms. The Hall–Kier alpha value is -3.02. The molecule has 0 bridgehead atoms. The Labute approximate surface area is 128 Å². The molecule has 112 valence electrons. The zero-order chi connectivity index (χ0) is 15.9. The topological polar surface area (TPSA) is 83.5 Å². The highest BCUT2D eigenvalue weighted by molar-refractivity contribution is 5.95. The van der Waals surface area contributed by atoms with Gasteiger partial charge in [-0.25, -0.2) is 4.98 Å². The van der Waals surface area contributed by atoms with Gasteiger partial charge < -0.3 is 5.32 Å². The minimum absolute atomic E-state index is 0.0289. The van der Waals surface area contributed by atoms with Gasteiger partial charge in [0.25, 0.3) is 5.91 Å². The molecule has 0 aliphatic heterocycles. The van der Waals surface area contributed by atoms with E-state index >= 15 is 0 Å². The van der Waals surface area contributed by atoms with Crippen molar-refractivity contribution in [2.45, 2.75) is 6.92 Å². The Morgan fingerprint density at radius 3 is 2.32 bits per heavy atom. The number of ketones is 1. The smallest absolute Gasteiger partial charge is 0.251 e. The van der Waals surface area contributed by atoms with Gasteiger partial charge in [-0.2, -0.15) is 5.10 Å². The molecule has 0 saturated carbocycles. The Morgan fingerprint density at radius 2 is 1.77 bits per heavy atom. The van der Waals surface area contributed by atoms with Crippen molar-refractivity contribution in [1.29, 1.82) is 0 Å². The summed E-state index contributed by atoms with van der Waals surface area (Å²) >= 11 is 0. The second-order valence-electron chi connectivity index (χ2n) is 4.56. The molecule has 1 aromatic heterocycles. The SMILES string of the molecule is CNC(=O)c1ccc(/C=N/Nc2ccc(C(C)=O)cn2)cc1. The maximum atomic E-state index is 11.4. The third-order valence-corrected chi connectivity index (χ3v) is 2.96. The van der Waals surface area contributed by atoms with Crippen LogP contribution in [0.1, 0.15) is 33.2 Å². The van der Waals surface area contributed by atoms with Crippen molar-refractivity contribution in [2.75, 3.05) is 12.5 Å². The fourth-order valence-electron chi connectivity index (χ4n) is 1.71.